The number of hydrogen-bond acceptors (Lipinski definition) is 4. The molecule has 1 amide bonds. The maximum absolute atomic E-state index is 12.4. The molecule has 0 unspecified atom stereocenters. The minimum absolute atomic E-state index is 0.139. The van der Waals surface area contributed by atoms with E-state index in [1.54, 1.807) is 42.5 Å². The topological polar surface area (TPSA) is 72.0 Å². The van der Waals surface area contributed by atoms with Crippen LogP contribution in [0.4, 0.5) is 5.69 Å². The molecule has 0 spiro atoms. The van der Waals surface area contributed by atoms with Gasteiger partial charge in [0, 0.05) is 16.8 Å². The zero-order valence-corrected chi connectivity index (χ0v) is 16.1. The van der Waals surface area contributed by atoms with E-state index in [4.69, 9.17) is 0 Å². The van der Waals surface area contributed by atoms with Crippen LogP contribution in [-0.4, -0.2) is 21.7 Å². The summed E-state index contributed by atoms with van der Waals surface area (Å²) >= 11 is 0. The molecule has 5 heteroatoms. The summed E-state index contributed by atoms with van der Waals surface area (Å²) < 4.78 is 0. The molecule has 0 aliphatic rings. The molecule has 1 heterocycles. The van der Waals surface area contributed by atoms with Crippen molar-refractivity contribution in [1.82, 2.24) is 9.97 Å². The fraction of sp³-hybridized carbons (Fsp3) is 0.130. The number of anilines is 1. The number of benzene rings is 2. The molecule has 3 aromatic rings. The van der Waals surface area contributed by atoms with Gasteiger partial charge in [0.2, 0.25) is 0 Å². The second kappa shape index (κ2) is 8.39. The maximum Gasteiger partial charge on any atom is 0.255 e. The standard InChI is InChI=1S/C23H21N3O2/c1-15-16(2)25-21(17(3)24-15)13-14-22(27)18-9-11-20(12-10-18)26-23(28)19-7-5-4-6-8-19/h4-14H,1-3H3,(H,26,28)/b14-13+. The van der Waals surface area contributed by atoms with Crippen LogP contribution in [0.15, 0.2) is 60.7 Å². The molecule has 0 radical (unpaired) electrons. The Labute approximate surface area is 164 Å². The third kappa shape index (κ3) is 4.57. The van der Waals surface area contributed by atoms with Crippen molar-refractivity contribution in [3.63, 3.8) is 0 Å². The normalized spacial score (nSPS) is 10.8. The molecule has 3 rings (SSSR count). The highest BCUT2D eigenvalue weighted by atomic mass is 16.1. The molecule has 0 aliphatic carbocycles. The molecule has 2 aromatic carbocycles. The zero-order chi connectivity index (χ0) is 20.1. The molecule has 28 heavy (non-hydrogen) atoms. The van der Waals surface area contributed by atoms with Gasteiger partial charge in [-0.05, 0) is 69.3 Å². The van der Waals surface area contributed by atoms with E-state index in [0.717, 1.165) is 17.1 Å². The van der Waals surface area contributed by atoms with Crippen LogP contribution in [-0.2, 0) is 0 Å². The van der Waals surface area contributed by atoms with Gasteiger partial charge in [0.15, 0.2) is 5.78 Å². The lowest BCUT2D eigenvalue weighted by Crippen LogP contribution is -2.11. The number of rotatable bonds is 5. The minimum Gasteiger partial charge on any atom is -0.322 e. The van der Waals surface area contributed by atoms with Crippen LogP contribution in [0.3, 0.4) is 0 Å². The van der Waals surface area contributed by atoms with E-state index in [2.05, 4.69) is 15.3 Å². The largest absolute Gasteiger partial charge is 0.322 e. The van der Waals surface area contributed by atoms with Crippen LogP contribution in [0.5, 0.6) is 0 Å². The van der Waals surface area contributed by atoms with Crippen molar-refractivity contribution in [2.45, 2.75) is 20.8 Å². The van der Waals surface area contributed by atoms with Crippen molar-refractivity contribution in [3.05, 3.63) is 94.6 Å². The summed E-state index contributed by atoms with van der Waals surface area (Å²) in [5.41, 5.74) is 4.93. The second-order valence-electron chi connectivity index (χ2n) is 6.46. The highest BCUT2D eigenvalue weighted by molar-refractivity contribution is 6.07. The summed E-state index contributed by atoms with van der Waals surface area (Å²) in [6.07, 6.45) is 3.17. The van der Waals surface area contributed by atoms with Gasteiger partial charge >= 0.3 is 0 Å². The van der Waals surface area contributed by atoms with Gasteiger partial charge in [0.25, 0.3) is 5.91 Å². The number of carbonyl (C=O) groups is 2. The Morgan fingerprint density at radius 3 is 2.11 bits per heavy atom. The van der Waals surface area contributed by atoms with Gasteiger partial charge in [-0.3, -0.25) is 14.6 Å². The molecule has 0 bridgehead atoms. The summed E-state index contributed by atoms with van der Waals surface area (Å²) in [4.78, 5) is 33.5. The molecular weight excluding hydrogens is 350 g/mol. The van der Waals surface area contributed by atoms with Crippen LogP contribution >= 0.6 is 0 Å². The number of nitrogens with one attached hydrogen (secondary N) is 1. The average molecular weight is 371 g/mol. The molecule has 1 N–H and O–H groups in total. The third-order valence-electron chi connectivity index (χ3n) is 4.37. The van der Waals surface area contributed by atoms with Crippen LogP contribution in [0, 0.1) is 20.8 Å². The number of nitrogens with zero attached hydrogens (tertiary/aromatic N) is 2. The molecule has 140 valence electrons. The van der Waals surface area contributed by atoms with Gasteiger partial charge in [-0.2, -0.15) is 0 Å². The Balaban J connectivity index is 1.68. The van der Waals surface area contributed by atoms with E-state index in [-0.39, 0.29) is 11.7 Å². The van der Waals surface area contributed by atoms with Crippen LogP contribution < -0.4 is 5.32 Å². The molecule has 0 saturated heterocycles. The lowest BCUT2D eigenvalue weighted by atomic mass is 10.1. The highest BCUT2D eigenvalue weighted by Gasteiger charge is 2.07. The van der Waals surface area contributed by atoms with Crippen LogP contribution in [0.1, 0.15) is 43.5 Å². The second-order valence-corrected chi connectivity index (χ2v) is 6.46. The van der Waals surface area contributed by atoms with Gasteiger partial charge in [-0.1, -0.05) is 18.2 Å². The predicted molar refractivity (Wildman–Crippen MR) is 110 cm³/mol. The Hall–Kier alpha value is -3.60. The van der Waals surface area contributed by atoms with Crippen LogP contribution in [0.25, 0.3) is 6.08 Å². The first-order valence-electron chi connectivity index (χ1n) is 8.95. The number of carbonyl (C=O) groups excluding carboxylic acids is 2. The summed E-state index contributed by atoms with van der Waals surface area (Å²) in [7, 11) is 0. The first-order valence-corrected chi connectivity index (χ1v) is 8.95. The maximum atomic E-state index is 12.4. The van der Waals surface area contributed by atoms with E-state index < -0.39 is 0 Å². The van der Waals surface area contributed by atoms with Crippen molar-refractivity contribution in [3.8, 4) is 0 Å². The summed E-state index contributed by atoms with van der Waals surface area (Å²) in [5, 5.41) is 2.81. The van der Waals surface area contributed by atoms with E-state index in [9.17, 15) is 9.59 Å². The van der Waals surface area contributed by atoms with Gasteiger partial charge in [-0.15, -0.1) is 0 Å². The average Bonchev–Trinajstić information content (AvgIpc) is 2.70. The summed E-state index contributed by atoms with van der Waals surface area (Å²) in [5.74, 6) is -0.330. The van der Waals surface area contributed by atoms with E-state index in [0.29, 0.717) is 22.5 Å². The fourth-order valence-corrected chi connectivity index (χ4v) is 2.65. The molecule has 0 fully saturated rings. The van der Waals surface area contributed by atoms with Gasteiger partial charge in [0.1, 0.15) is 0 Å². The summed E-state index contributed by atoms with van der Waals surface area (Å²) in [6.45, 7) is 5.67. The van der Waals surface area contributed by atoms with E-state index in [1.807, 2.05) is 39.0 Å². The smallest absolute Gasteiger partial charge is 0.255 e. The number of hydrogen-bond donors (Lipinski definition) is 1. The predicted octanol–water partition coefficient (Wildman–Crippen LogP) is 4.55. The van der Waals surface area contributed by atoms with Crippen LogP contribution in [0.2, 0.25) is 0 Å². The fourth-order valence-electron chi connectivity index (χ4n) is 2.65. The quantitative estimate of drug-likeness (QED) is 0.527. The lowest BCUT2D eigenvalue weighted by Gasteiger charge is -2.06. The highest BCUT2D eigenvalue weighted by Crippen LogP contribution is 2.14. The number of ketones is 1. The molecule has 0 saturated carbocycles. The van der Waals surface area contributed by atoms with Crippen molar-refractivity contribution >= 4 is 23.5 Å². The van der Waals surface area contributed by atoms with Crippen molar-refractivity contribution in [1.29, 1.82) is 0 Å². The van der Waals surface area contributed by atoms with Gasteiger partial charge in [-0.25, -0.2) is 4.98 Å². The van der Waals surface area contributed by atoms with Crippen molar-refractivity contribution in [2.75, 3.05) is 5.32 Å². The third-order valence-corrected chi connectivity index (χ3v) is 4.37. The Kier molecular flexibility index (Phi) is 5.75. The minimum atomic E-state index is -0.191. The first kappa shape index (κ1) is 19.2. The SMILES string of the molecule is Cc1nc(C)c(/C=C/C(=O)c2ccc(NC(=O)c3ccccc3)cc2)nc1C. The van der Waals surface area contributed by atoms with Gasteiger partial charge < -0.3 is 5.32 Å². The molecule has 1 aromatic heterocycles. The zero-order valence-electron chi connectivity index (χ0n) is 16.1. The summed E-state index contributed by atoms with van der Waals surface area (Å²) in [6, 6.07) is 15.8. The Bertz CT molecular complexity index is 1040. The number of aryl methyl sites for hydroxylation is 3. The molecule has 0 atom stereocenters. The molecule has 5 nitrogen and oxygen atoms in total. The number of aromatic nitrogens is 2. The Morgan fingerprint density at radius 2 is 1.43 bits per heavy atom. The monoisotopic (exact) mass is 371 g/mol. The lowest BCUT2D eigenvalue weighted by molar-refractivity contribution is 0.102. The van der Waals surface area contributed by atoms with Crippen molar-refractivity contribution < 1.29 is 9.59 Å². The number of allylic oxidation sites excluding steroid dienone is 1. The Morgan fingerprint density at radius 1 is 0.786 bits per heavy atom. The van der Waals surface area contributed by atoms with Gasteiger partial charge in [0.05, 0.1) is 22.8 Å². The van der Waals surface area contributed by atoms with Crippen molar-refractivity contribution in [2.24, 2.45) is 0 Å². The van der Waals surface area contributed by atoms with E-state index in [1.165, 1.54) is 6.08 Å². The van der Waals surface area contributed by atoms with E-state index >= 15 is 0 Å². The molecule has 0 aliphatic heterocycles. The number of amides is 1. The first-order chi connectivity index (χ1) is 13.4. The molecular formula is C23H21N3O2.